The number of hydrogen-bond acceptors (Lipinski definition) is 7. The standard InChI is InChI=1S/C27H31FN4O4.C2H6.H3N/c1-4-36-27(35)23-24(21-7-5-6-8-22(21)32(26(23)34)18-13-29(2)3)30-14-16-31(17-15-30)25(33)19-9-11-20(28)12-10-19;1-2;/h5-12H,4,13-18H2,1-3H3;1-2H3;1H3. The van der Waals surface area contributed by atoms with Gasteiger partial charge < -0.3 is 30.2 Å². The number of carbonyl (C=O) groups excluding carboxylic acids is 2. The van der Waals surface area contributed by atoms with Crippen molar-refractivity contribution in [1.29, 1.82) is 0 Å². The van der Waals surface area contributed by atoms with Crippen molar-refractivity contribution in [2.24, 2.45) is 0 Å². The van der Waals surface area contributed by atoms with Crippen molar-refractivity contribution in [1.82, 2.24) is 20.5 Å². The average Bonchev–Trinajstić information content (AvgIpc) is 2.93. The number of likely N-dealkylation sites (N-methyl/N-ethyl adjacent to an activating group) is 1. The van der Waals surface area contributed by atoms with E-state index in [0.717, 1.165) is 10.9 Å². The minimum absolute atomic E-state index is 0. The predicted molar refractivity (Wildman–Crippen MR) is 154 cm³/mol. The highest BCUT2D eigenvalue weighted by molar-refractivity contribution is 6.05. The zero-order chi connectivity index (χ0) is 27.8. The summed E-state index contributed by atoms with van der Waals surface area (Å²) in [5, 5.41) is 0.789. The van der Waals surface area contributed by atoms with E-state index in [-0.39, 0.29) is 29.8 Å². The molecule has 0 atom stereocenters. The van der Waals surface area contributed by atoms with Gasteiger partial charge in [-0.2, -0.15) is 0 Å². The predicted octanol–water partition coefficient (Wildman–Crippen LogP) is 4.03. The summed E-state index contributed by atoms with van der Waals surface area (Å²) >= 11 is 0. The molecular formula is C29H40FN5O4. The summed E-state index contributed by atoms with van der Waals surface area (Å²) in [6.07, 6.45) is 0. The summed E-state index contributed by atoms with van der Waals surface area (Å²) in [4.78, 5) is 45.3. The van der Waals surface area contributed by atoms with Gasteiger partial charge in [-0.1, -0.05) is 32.0 Å². The third-order valence-corrected chi connectivity index (χ3v) is 6.37. The normalized spacial score (nSPS) is 13.0. The van der Waals surface area contributed by atoms with Gasteiger partial charge in [0, 0.05) is 50.2 Å². The topological polar surface area (TPSA) is 110 Å². The fourth-order valence-electron chi connectivity index (χ4n) is 4.54. The Morgan fingerprint density at radius 3 is 2.18 bits per heavy atom. The zero-order valence-corrected chi connectivity index (χ0v) is 23.6. The molecule has 0 saturated carbocycles. The van der Waals surface area contributed by atoms with Crippen molar-refractivity contribution in [2.75, 3.05) is 58.3 Å². The van der Waals surface area contributed by atoms with Gasteiger partial charge in [0.2, 0.25) is 0 Å². The molecule has 212 valence electrons. The molecule has 1 fully saturated rings. The second kappa shape index (κ2) is 14.4. The van der Waals surface area contributed by atoms with E-state index in [9.17, 15) is 18.8 Å². The average molecular weight is 542 g/mol. The Morgan fingerprint density at radius 2 is 1.59 bits per heavy atom. The molecule has 1 aromatic heterocycles. The third-order valence-electron chi connectivity index (χ3n) is 6.37. The van der Waals surface area contributed by atoms with Crippen LogP contribution in [0.15, 0.2) is 53.3 Å². The Hall–Kier alpha value is -3.76. The minimum atomic E-state index is -0.647. The Labute approximate surface area is 229 Å². The fourth-order valence-corrected chi connectivity index (χ4v) is 4.54. The summed E-state index contributed by atoms with van der Waals surface area (Å²) in [6, 6.07) is 13.1. The molecular weight excluding hydrogens is 501 g/mol. The summed E-state index contributed by atoms with van der Waals surface area (Å²) in [7, 11) is 3.86. The molecule has 3 aromatic rings. The number of carbonyl (C=O) groups is 2. The Balaban J connectivity index is 0.00000174. The number of halogens is 1. The smallest absolute Gasteiger partial charge is 0.345 e. The Morgan fingerprint density at radius 1 is 0.974 bits per heavy atom. The first-order chi connectivity index (χ1) is 18.3. The molecule has 10 heteroatoms. The van der Waals surface area contributed by atoms with Crippen LogP contribution in [0.25, 0.3) is 10.9 Å². The van der Waals surface area contributed by atoms with E-state index in [0.29, 0.717) is 50.5 Å². The SMILES string of the molecule is CC.CCOC(=O)c1c(N2CCN(C(=O)c3ccc(F)cc3)CC2)c2ccccc2n(CCN(C)C)c1=O.N. The minimum Gasteiger partial charge on any atom is -0.462 e. The molecule has 1 aliphatic heterocycles. The number of aromatic nitrogens is 1. The monoisotopic (exact) mass is 541 g/mol. The van der Waals surface area contributed by atoms with Crippen LogP contribution in [0.5, 0.6) is 0 Å². The molecule has 2 aromatic carbocycles. The van der Waals surface area contributed by atoms with Crippen LogP contribution >= 0.6 is 0 Å². The summed E-state index contributed by atoms with van der Waals surface area (Å²) in [5.74, 6) is -1.22. The maximum atomic E-state index is 13.7. The highest BCUT2D eigenvalue weighted by atomic mass is 19.1. The van der Waals surface area contributed by atoms with E-state index in [1.807, 2.05) is 62.0 Å². The number of fused-ring (bicyclic) bond motifs is 1. The number of nitrogens with zero attached hydrogens (tertiary/aromatic N) is 4. The molecule has 1 aliphatic rings. The van der Waals surface area contributed by atoms with E-state index < -0.39 is 11.8 Å². The number of rotatable bonds is 7. The molecule has 2 heterocycles. The molecule has 0 unspecified atom stereocenters. The quantitative estimate of drug-likeness (QED) is 0.450. The van der Waals surface area contributed by atoms with Crippen molar-refractivity contribution >= 4 is 28.5 Å². The van der Waals surface area contributed by atoms with Crippen molar-refractivity contribution in [2.45, 2.75) is 27.3 Å². The number of ether oxygens (including phenoxy) is 1. The second-order valence-corrected chi connectivity index (χ2v) is 9.01. The van der Waals surface area contributed by atoms with Gasteiger partial charge in [0.25, 0.3) is 11.5 Å². The molecule has 3 N–H and O–H groups in total. The van der Waals surface area contributed by atoms with Crippen molar-refractivity contribution < 1.29 is 18.7 Å². The van der Waals surface area contributed by atoms with Gasteiger partial charge >= 0.3 is 5.97 Å². The van der Waals surface area contributed by atoms with E-state index in [1.54, 1.807) is 16.4 Å². The summed E-state index contributed by atoms with van der Waals surface area (Å²) in [6.45, 7) is 8.60. The first-order valence-corrected chi connectivity index (χ1v) is 13.1. The third kappa shape index (κ3) is 7.01. The van der Waals surface area contributed by atoms with E-state index in [4.69, 9.17) is 4.74 Å². The fraction of sp³-hybridized carbons (Fsp3) is 0.414. The summed E-state index contributed by atoms with van der Waals surface area (Å²) in [5.41, 5.74) is 1.36. The maximum absolute atomic E-state index is 13.7. The van der Waals surface area contributed by atoms with Crippen molar-refractivity contribution in [3.05, 3.63) is 75.8 Å². The van der Waals surface area contributed by atoms with Crippen LogP contribution in [0.4, 0.5) is 10.1 Å². The van der Waals surface area contributed by atoms with Gasteiger partial charge in [-0.25, -0.2) is 9.18 Å². The van der Waals surface area contributed by atoms with Crippen LogP contribution in [0.1, 0.15) is 41.5 Å². The lowest BCUT2D eigenvalue weighted by Crippen LogP contribution is -2.49. The number of piperazine rings is 1. The number of esters is 1. The van der Waals surface area contributed by atoms with Crippen LogP contribution in [0.3, 0.4) is 0 Å². The number of hydrogen-bond donors (Lipinski definition) is 1. The molecule has 0 spiro atoms. The molecule has 0 aliphatic carbocycles. The van der Waals surface area contributed by atoms with Gasteiger partial charge in [-0.05, 0) is 51.4 Å². The highest BCUT2D eigenvalue weighted by Gasteiger charge is 2.30. The zero-order valence-electron chi connectivity index (χ0n) is 23.6. The van der Waals surface area contributed by atoms with Gasteiger partial charge in [0.15, 0.2) is 0 Å². The maximum Gasteiger partial charge on any atom is 0.345 e. The summed E-state index contributed by atoms with van der Waals surface area (Å²) < 4.78 is 20.2. The number of pyridine rings is 1. The molecule has 0 bridgehead atoms. The van der Waals surface area contributed by atoms with E-state index in [2.05, 4.69) is 0 Å². The van der Waals surface area contributed by atoms with Crippen molar-refractivity contribution in [3.8, 4) is 0 Å². The van der Waals surface area contributed by atoms with Crippen LogP contribution in [0, 0.1) is 5.82 Å². The largest absolute Gasteiger partial charge is 0.462 e. The van der Waals surface area contributed by atoms with Gasteiger partial charge in [0.05, 0.1) is 17.8 Å². The number of benzene rings is 2. The van der Waals surface area contributed by atoms with Crippen molar-refractivity contribution in [3.63, 3.8) is 0 Å². The molecule has 9 nitrogen and oxygen atoms in total. The van der Waals surface area contributed by atoms with Crippen LogP contribution < -0.4 is 16.6 Å². The number of amides is 1. The number of para-hydroxylation sites is 1. The lowest BCUT2D eigenvalue weighted by molar-refractivity contribution is 0.0523. The lowest BCUT2D eigenvalue weighted by Gasteiger charge is -2.37. The Kier molecular flexibility index (Phi) is 11.6. The first-order valence-electron chi connectivity index (χ1n) is 13.1. The Bertz CT molecular complexity index is 1320. The molecule has 0 radical (unpaired) electrons. The van der Waals surface area contributed by atoms with Crippen LogP contribution in [-0.2, 0) is 11.3 Å². The lowest BCUT2D eigenvalue weighted by atomic mass is 10.1. The molecule has 1 amide bonds. The van der Waals surface area contributed by atoms with Crippen LogP contribution in [0.2, 0.25) is 0 Å². The van der Waals surface area contributed by atoms with Gasteiger partial charge in [-0.15, -0.1) is 0 Å². The van der Waals surface area contributed by atoms with Gasteiger partial charge in [-0.3, -0.25) is 9.59 Å². The van der Waals surface area contributed by atoms with Gasteiger partial charge in [0.1, 0.15) is 11.4 Å². The number of anilines is 1. The molecule has 4 rings (SSSR count). The van der Waals surface area contributed by atoms with E-state index >= 15 is 0 Å². The molecule has 39 heavy (non-hydrogen) atoms. The molecule has 1 saturated heterocycles. The van der Waals surface area contributed by atoms with E-state index in [1.165, 1.54) is 24.3 Å². The van der Waals surface area contributed by atoms with Crippen LogP contribution in [-0.4, -0.2) is 79.7 Å². The first kappa shape index (κ1) is 31.5. The second-order valence-electron chi connectivity index (χ2n) is 9.01. The highest BCUT2D eigenvalue weighted by Crippen LogP contribution is 2.30.